The van der Waals surface area contributed by atoms with Gasteiger partial charge in [-0.1, -0.05) is 54.1 Å². The zero-order valence-electron chi connectivity index (χ0n) is 16.1. The number of nitrogens with zero attached hydrogens (tertiary/aromatic N) is 3. The predicted molar refractivity (Wildman–Crippen MR) is 115 cm³/mol. The molecule has 1 aromatic carbocycles. The maximum Gasteiger partial charge on any atom is 0.268 e. The number of anilines is 1. The lowest BCUT2D eigenvalue weighted by Gasteiger charge is -1.99. The SMILES string of the molecule is CCCCc1nnc(NC(=O)/C(C#N)=C\c2ccc(Sc3ccc(C)cc3)o2)s1. The van der Waals surface area contributed by atoms with Crippen LogP contribution in [0.4, 0.5) is 5.13 Å². The summed E-state index contributed by atoms with van der Waals surface area (Å²) < 4.78 is 5.73. The van der Waals surface area contributed by atoms with E-state index in [2.05, 4.69) is 22.4 Å². The highest BCUT2D eigenvalue weighted by Crippen LogP contribution is 2.30. The molecule has 0 aliphatic rings. The highest BCUT2D eigenvalue weighted by atomic mass is 32.2. The number of nitriles is 1. The number of carbonyl (C=O) groups excluding carboxylic acids is 1. The highest BCUT2D eigenvalue weighted by molar-refractivity contribution is 7.99. The number of hydrogen-bond acceptors (Lipinski definition) is 7. The van der Waals surface area contributed by atoms with E-state index in [1.807, 2.05) is 43.3 Å². The van der Waals surface area contributed by atoms with Crippen molar-refractivity contribution in [3.8, 4) is 6.07 Å². The fraction of sp³-hybridized carbons (Fsp3) is 0.238. The van der Waals surface area contributed by atoms with Crippen LogP contribution in [0, 0.1) is 18.3 Å². The third-order valence-electron chi connectivity index (χ3n) is 3.92. The lowest BCUT2D eigenvalue weighted by atomic mass is 10.2. The van der Waals surface area contributed by atoms with E-state index in [1.54, 1.807) is 6.07 Å². The summed E-state index contributed by atoms with van der Waals surface area (Å²) in [7, 11) is 0. The second kappa shape index (κ2) is 10.0. The summed E-state index contributed by atoms with van der Waals surface area (Å²) in [5.41, 5.74) is 1.13. The molecule has 0 unspecified atom stereocenters. The first-order valence-electron chi connectivity index (χ1n) is 9.17. The summed E-state index contributed by atoms with van der Waals surface area (Å²) in [5.74, 6) is -0.0953. The third kappa shape index (κ3) is 6.04. The first kappa shape index (κ1) is 20.8. The molecule has 0 saturated carbocycles. The van der Waals surface area contributed by atoms with Gasteiger partial charge in [0.25, 0.3) is 5.91 Å². The molecule has 1 N–H and O–H groups in total. The fourth-order valence-electron chi connectivity index (χ4n) is 2.38. The van der Waals surface area contributed by atoms with Gasteiger partial charge in [-0.3, -0.25) is 10.1 Å². The minimum Gasteiger partial charge on any atom is -0.450 e. The molecule has 29 heavy (non-hydrogen) atoms. The summed E-state index contributed by atoms with van der Waals surface area (Å²) in [6, 6.07) is 13.6. The molecule has 148 valence electrons. The summed E-state index contributed by atoms with van der Waals surface area (Å²) in [6.45, 7) is 4.14. The molecule has 2 heterocycles. The Morgan fingerprint density at radius 2 is 2.07 bits per heavy atom. The van der Waals surface area contributed by atoms with Gasteiger partial charge in [0.05, 0.1) is 0 Å². The van der Waals surface area contributed by atoms with Gasteiger partial charge in [-0.25, -0.2) is 0 Å². The summed E-state index contributed by atoms with van der Waals surface area (Å²) in [4.78, 5) is 13.4. The van der Waals surface area contributed by atoms with Gasteiger partial charge in [-0.2, -0.15) is 5.26 Å². The van der Waals surface area contributed by atoms with Crippen LogP contribution in [-0.4, -0.2) is 16.1 Å². The lowest BCUT2D eigenvalue weighted by molar-refractivity contribution is -0.112. The van der Waals surface area contributed by atoms with E-state index in [9.17, 15) is 10.1 Å². The highest BCUT2D eigenvalue weighted by Gasteiger charge is 2.14. The van der Waals surface area contributed by atoms with Crippen molar-refractivity contribution in [2.45, 2.75) is 43.1 Å². The molecule has 2 aromatic heterocycles. The number of hydrogen-bond donors (Lipinski definition) is 1. The Morgan fingerprint density at radius 3 is 2.79 bits per heavy atom. The molecule has 3 aromatic rings. The zero-order chi connectivity index (χ0) is 20.6. The van der Waals surface area contributed by atoms with Gasteiger partial charge < -0.3 is 4.42 Å². The van der Waals surface area contributed by atoms with Crippen LogP contribution in [0.25, 0.3) is 6.08 Å². The van der Waals surface area contributed by atoms with E-state index >= 15 is 0 Å². The molecule has 0 fully saturated rings. The maximum atomic E-state index is 12.4. The number of nitrogens with one attached hydrogen (secondary N) is 1. The molecule has 0 saturated heterocycles. The number of furan rings is 1. The smallest absolute Gasteiger partial charge is 0.268 e. The van der Waals surface area contributed by atoms with E-state index in [1.165, 1.54) is 34.7 Å². The molecule has 6 nitrogen and oxygen atoms in total. The van der Waals surface area contributed by atoms with Crippen LogP contribution >= 0.6 is 23.1 Å². The molecule has 3 rings (SSSR count). The third-order valence-corrected chi connectivity index (χ3v) is 5.75. The molecule has 0 spiro atoms. The number of amides is 1. The molecule has 8 heteroatoms. The van der Waals surface area contributed by atoms with Crippen molar-refractivity contribution in [1.82, 2.24) is 10.2 Å². The number of aromatic nitrogens is 2. The van der Waals surface area contributed by atoms with Crippen LogP contribution in [0.5, 0.6) is 0 Å². The van der Waals surface area contributed by atoms with E-state index < -0.39 is 5.91 Å². The average Bonchev–Trinajstić information content (AvgIpc) is 3.35. The largest absolute Gasteiger partial charge is 0.450 e. The monoisotopic (exact) mass is 424 g/mol. The van der Waals surface area contributed by atoms with Gasteiger partial charge in [0.1, 0.15) is 22.4 Å². The Bertz CT molecular complexity index is 1050. The standard InChI is InChI=1S/C21H20N4O2S2/c1-3-4-5-18-24-25-21(29-18)23-20(26)15(13-22)12-16-8-11-19(27-16)28-17-9-6-14(2)7-10-17/h6-12H,3-5H2,1-2H3,(H,23,25,26)/b15-12-. The number of carbonyl (C=O) groups is 1. The molecule has 0 bridgehead atoms. The van der Waals surface area contributed by atoms with Crippen molar-refractivity contribution in [2.24, 2.45) is 0 Å². The van der Waals surface area contributed by atoms with Gasteiger partial charge in [-0.15, -0.1) is 10.2 Å². The van der Waals surface area contributed by atoms with E-state index in [-0.39, 0.29) is 5.57 Å². The first-order valence-corrected chi connectivity index (χ1v) is 10.8. The Morgan fingerprint density at radius 1 is 1.28 bits per heavy atom. The fourth-order valence-corrected chi connectivity index (χ4v) is 3.93. The van der Waals surface area contributed by atoms with E-state index in [4.69, 9.17) is 4.42 Å². The molecule has 0 radical (unpaired) electrons. The van der Waals surface area contributed by atoms with Gasteiger partial charge in [0, 0.05) is 17.4 Å². The van der Waals surface area contributed by atoms with Crippen LogP contribution < -0.4 is 5.32 Å². The molecule has 1 amide bonds. The molecule has 0 aliphatic carbocycles. The van der Waals surface area contributed by atoms with E-state index in [0.717, 1.165) is 29.2 Å². The summed E-state index contributed by atoms with van der Waals surface area (Å²) in [5, 5.41) is 22.0. The lowest BCUT2D eigenvalue weighted by Crippen LogP contribution is -2.13. The van der Waals surface area contributed by atoms with Crippen LogP contribution in [0.3, 0.4) is 0 Å². The van der Waals surface area contributed by atoms with Gasteiger partial charge >= 0.3 is 0 Å². The molecular formula is C21H20N4O2S2. The van der Waals surface area contributed by atoms with Crippen LogP contribution in [0.2, 0.25) is 0 Å². The quantitative estimate of drug-likeness (QED) is 0.380. The van der Waals surface area contributed by atoms with Crippen molar-refractivity contribution in [2.75, 3.05) is 5.32 Å². The van der Waals surface area contributed by atoms with Gasteiger partial charge in [0.15, 0.2) is 5.09 Å². The summed E-state index contributed by atoms with van der Waals surface area (Å²) >= 11 is 2.80. The van der Waals surface area contributed by atoms with Gasteiger partial charge in [-0.05, 0) is 37.6 Å². The second-order valence-corrected chi connectivity index (χ2v) is 8.44. The minimum absolute atomic E-state index is 0.0588. The van der Waals surface area contributed by atoms with Crippen LogP contribution in [0.15, 0.2) is 56.4 Å². The van der Waals surface area contributed by atoms with Crippen molar-refractivity contribution < 1.29 is 9.21 Å². The first-order chi connectivity index (χ1) is 14.1. The number of aryl methyl sites for hydroxylation is 2. The van der Waals surface area contributed by atoms with Crippen molar-refractivity contribution in [3.05, 3.63) is 58.3 Å². The van der Waals surface area contributed by atoms with Crippen LogP contribution in [0.1, 0.15) is 36.1 Å². The molecular weight excluding hydrogens is 404 g/mol. The Kier molecular flexibility index (Phi) is 7.22. The molecule has 0 atom stereocenters. The molecule has 0 aliphatic heterocycles. The van der Waals surface area contributed by atoms with Crippen molar-refractivity contribution >= 4 is 40.2 Å². The topological polar surface area (TPSA) is 91.8 Å². The summed E-state index contributed by atoms with van der Waals surface area (Å²) in [6.07, 6.45) is 4.34. The number of rotatable bonds is 8. The maximum absolute atomic E-state index is 12.4. The predicted octanol–water partition coefficient (Wildman–Crippen LogP) is 5.48. The van der Waals surface area contributed by atoms with E-state index in [0.29, 0.717) is 16.0 Å². The normalized spacial score (nSPS) is 11.3. The van der Waals surface area contributed by atoms with Crippen LogP contribution in [-0.2, 0) is 11.2 Å². The Labute approximate surface area is 177 Å². The second-order valence-electron chi connectivity index (χ2n) is 6.30. The average molecular weight is 425 g/mol. The number of benzene rings is 1. The zero-order valence-corrected chi connectivity index (χ0v) is 17.8. The van der Waals surface area contributed by atoms with Crippen molar-refractivity contribution in [1.29, 1.82) is 5.26 Å². The Hall–Kier alpha value is -2.89. The minimum atomic E-state index is -0.533. The Balaban J connectivity index is 1.65. The van der Waals surface area contributed by atoms with Gasteiger partial charge in [0.2, 0.25) is 5.13 Å². The number of unbranched alkanes of at least 4 members (excludes halogenated alkanes) is 1. The van der Waals surface area contributed by atoms with Crippen molar-refractivity contribution in [3.63, 3.8) is 0 Å².